The van der Waals surface area contributed by atoms with Crippen LogP contribution >= 0.6 is 22.6 Å². The highest BCUT2D eigenvalue weighted by Gasteiger charge is 2.28. The van der Waals surface area contributed by atoms with Crippen molar-refractivity contribution in [3.8, 4) is 0 Å². The molecule has 0 radical (unpaired) electrons. The van der Waals surface area contributed by atoms with Gasteiger partial charge in [0.05, 0.1) is 6.04 Å². The summed E-state index contributed by atoms with van der Waals surface area (Å²) >= 11 is 2.15. The normalized spacial score (nSPS) is 12.9. The molecule has 0 spiro atoms. The SMILES string of the molecule is Cc1noc(C)c1S(=O)(=O)NC(C)C(=O)Nc1ccc(I)cc1. The average Bonchev–Trinajstić information content (AvgIpc) is 2.80. The van der Waals surface area contributed by atoms with Crippen LogP contribution in [0.4, 0.5) is 5.69 Å². The van der Waals surface area contributed by atoms with Gasteiger partial charge < -0.3 is 9.84 Å². The van der Waals surface area contributed by atoms with Crippen LogP contribution in [0.15, 0.2) is 33.7 Å². The van der Waals surface area contributed by atoms with E-state index in [4.69, 9.17) is 4.52 Å². The Morgan fingerprint density at radius 3 is 2.39 bits per heavy atom. The number of nitrogens with zero attached hydrogens (tertiary/aromatic N) is 1. The summed E-state index contributed by atoms with van der Waals surface area (Å²) in [5, 5.41) is 6.27. The number of aromatic nitrogens is 1. The summed E-state index contributed by atoms with van der Waals surface area (Å²) in [6, 6.07) is 6.22. The smallest absolute Gasteiger partial charge is 0.246 e. The first kappa shape index (κ1) is 17.9. The fraction of sp³-hybridized carbons (Fsp3) is 0.286. The quantitative estimate of drug-likeness (QED) is 0.682. The van der Waals surface area contributed by atoms with Crippen LogP contribution in [0.5, 0.6) is 0 Å². The van der Waals surface area contributed by atoms with Gasteiger partial charge in [0.15, 0.2) is 5.76 Å². The van der Waals surface area contributed by atoms with Crippen LogP contribution in [-0.4, -0.2) is 25.5 Å². The second-order valence-corrected chi connectivity index (χ2v) is 7.89. The van der Waals surface area contributed by atoms with Crippen LogP contribution in [-0.2, 0) is 14.8 Å². The number of halogens is 1. The highest BCUT2D eigenvalue weighted by molar-refractivity contribution is 14.1. The van der Waals surface area contributed by atoms with Crippen molar-refractivity contribution in [3.05, 3.63) is 39.3 Å². The third-order valence-electron chi connectivity index (χ3n) is 3.07. The number of anilines is 1. The van der Waals surface area contributed by atoms with E-state index in [1.54, 1.807) is 12.1 Å². The van der Waals surface area contributed by atoms with Crippen molar-refractivity contribution in [1.29, 1.82) is 0 Å². The van der Waals surface area contributed by atoms with E-state index >= 15 is 0 Å². The maximum absolute atomic E-state index is 12.4. The van der Waals surface area contributed by atoms with Gasteiger partial charge in [-0.05, 0) is 67.6 Å². The lowest BCUT2D eigenvalue weighted by Crippen LogP contribution is -2.41. The number of aryl methyl sites for hydroxylation is 2. The summed E-state index contributed by atoms with van der Waals surface area (Å²) in [6.07, 6.45) is 0. The molecule has 124 valence electrons. The lowest BCUT2D eigenvalue weighted by Gasteiger charge is -2.14. The molecule has 1 atom stereocenters. The van der Waals surface area contributed by atoms with E-state index in [0.717, 1.165) is 3.57 Å². The molecule has 1 unspecified atom stereocenters. The Labute approximate surface area is 148 Å². The Hall–Kier alpha value is -1.46. The van der Waals surface area contributed by atoms with Crippen molar-refractivity contribution in [3.63, 3.8) is 0 Å². The lowest BCUT2D eigenvalue weighted by molar-refractivity contribution is -0.117. The van der Waals surface area contributed by atoms with Gasteiger partial charge in [-0.3, -0.25) is 4.79 Å². The molecule has 2 rings (SSSR count). The van der Waals surface area contributed by atoms with Crippen molar-refractivity contribution in [2.75, 3.05) is 5.32 Å². The Morgan fingerprint density at radius 1 is 1.26 bits per heavy atom. The summed E-state index contributed by atoms with van der Waals surface area (Å²) in [6.45, 7) is 4.50. The van der Waals surface area contributed by atoms with Gasteiger partial charge in [0.25, 0.3) is 0 Å². The zero-order valence-corrected chi connectivity index (χ0v) is 15.7. The number of hydrogen-bond acceptors (Lipinski definition) is 5. The summed E-state index contributed by atoms with van der Waals surface area (Å²) in [7, 11) is -3.89. The number of carbonyl (C=O) groups excluding carboxylic acids is 1. The number of rotatable bonds is 5. The van der Waals surface area contributed by atoms with Gasteiger partial charge in [-0.2, -0.15) is 4.72 Å². The molecular formula is C14H16IN3O4S. The number of nitrogens with one attached hydrogen (secondary N) is 2. The van der Waals surface area contributed by atoms with Crippen molar-refractivity contribution in [1.82, 2.24) is 9.88 Å². The predicted octanol–water partition coefficient (Wildman–Crippen LogP) is 2.20. The molecule has 0 bridgehead atoms. The molecule has 2 N–H and O–H groups in total. The fourth-order valence-corrected chi connectivity index (χ4v) is 3.88. The average molecular weight is 449 g/mol. The summed E-state index contributed by atoms with van der Waals surface area (Å²) in [4.78, 5) is 12.1. The van der Waals surface area contributed by atoms with E-state index in [0.29, 0.717) is 5.69 Å². The number of carbonyl (C=O) groups is 1. The fourth-order valence-electron chi connectivity index (χ4n) is 1.99. The maximum Gasteiger partial charge on any atom is 0.246 e. The molecule has 7 nitrogen and oxygen atoms in total. The van der Waals surface area contributed by atoms with Crippen LogP contribution in [0.1, 0.15) is 18.4 Å². The molecule has 23 heavy (non-hydrogen) atoms. The van der Waals surface area contributed by atoms with E-state index in [-0.39, 0.29) is 16.3 Å². The van der Waals surface area contributed by atoms with Crippen LogP contribution < -0.4 is 10.0 Å². The highest BCUT2D eigenvalue weighted by Crippen LogP contribution is 2.19. The van der Waals surface area contributed by atoms with Gasteiger partial charge in [-0.15, -0.1) is 0 Å². The molecule has 1 aromatic carbocycles. The van der Waals surface area contributed by atoms with E-state index in [1.807, 2.05) is 12.1 Å². The highest BCUT2D eigenvalue weighted by atomic mass is 127. The molecule has 9 heteroatoms. The van der Waals surface area contributed by atoms with Crippen LogP contribution in [0, 0.1) is 17.4 Å². The number of benzene rings is 1. The molecule has 1 aromatic heterocycles. The number of hydrogen-bond donors (Lipinski definition) is 2. The van der Waals surface area contributed by atoms with Gasteiger partial charge in [-0.25, -0.2) is 8.42 Å². The zero-order chi connectivity index (χ0) is 17.2. The minimum absolute atomic E-state index is 0.0357. The summed E-state index contributed by atoms with van der Waals surface area (Å²) in [5.74, 6) is -0.276. The monoisotopic (exact) mass is 449 g/mol. The molecular weight excluding hydrogens is 433 g/mol. The zero-order valence-electron chi connectivity index (χ0n) is 12.8. The Morgan fingerprint density at radius 2 is 1.87 bits per heavy atom. The summed E-state index contributed by atoms with van der Waals surface area (Å²) in [5.41, 5.74) is 0.846. The number of amides is 1. The first-order valence-electron chi connectivity index (χ1n) is 6.72. The Bertz CT molecular complexity index is 796. The topological polar surface area (TPSA) is 101 Å². The molecule has 0 fully saturated rings. The predicted molar refractivity (Wildman–Crippen MR) is 93.5 cm³/mol. The van der Waals surface area contributed by atoms with Crippen molar-refractivity contribution in [2.24, 2.45) is 0 Å². The lowest BCUT2D eigenvalue weighted by atomic mass is 10.3. The van der Waals surface area contributed by atoms with Gasteiger partial charge in [-0.1, -0.05) is 5.16 Å². The maximum atomic E-state index is 12.4. The molecule has 0 saturated heterocycles. The van der Waals surface area contributed by atoms with Crippen LogP contribution in [0.25, 0.3) is 0 Å². The first-order chi connectivity index (χ1) is 10.7. The van der Waals surface area contributed by atoms with Gasteiger partial charge in [0.1, 0.15) is 10.6 Å². The van der Waals surface area contributed by atoms with E-state index < -0.39 is 22.0 Å². The largest absolute Gasteiger partial charge is 0.360 e. The third kappa shape index (κ3) is 4.30. The Balaban J connectivity index is 2.10. The van der Waals surface area contributed by atoms with Gasteiger partial charge >= 0.3 is 0 Å². The second-order valence-electron chi connectivity index (χ2n) is 4.99. The van der Waals surface area contributed by atoms with Crippen molar-refractivity contribution < 1.29 is 17.7 Å². The molecule has 1 heterocycles. The molecule has 0 saturated carbocycles. The van der Waals surface area contributed by atoms with Crippen molar-refractivity contribution in [2.45, 2.75) is 31.7 Å². The van der Waals surface area contributed by atoms with Crippen molar-refractivity contribution >= 4 is 44.2 Å². The summed E-state index contributed by atoms with van der Waals surface area (Å²) < 4.78 is 32.9. The minimum atomic E-state index is -3.89. The molecule has 0 aliphatic carbocycles. The van der Waals surface area contributed by atoms with Gasteiger partial charge in [0.2, 0.25) is 15.9 Å². The van der Waals surface area contributed by atoms with Gasteiger partial charge in [0, 0.05) is 9.26 Å². The molecule has 2 aromatic rings. The molecule has 0 aliphatic rings. The van der Waals surface area contributed by atoms with E-state index in [9.17, 15) is 13.2 Å². The minimum Gasteiger partial charge on any atom is -0.360 e. The second kappa shape index (κ2) is 6.97. The van der Waals surface area contributed by atoms with E-state index in [2.05, 4.69) is 37.8 Å². The van der Waals surface area contributed by atoms with Crippen LogP contribution in [0.2, 0.25) is 0 Å². The standard InChI is InChI=1S/C14H16IN3O4S/c1-8-13(10(3)22-17-8)23(20,21)18-9(2)14(19)16-12-6-4-11(15)5-7-12/h4-7,9,18H,1-3H3,(H,16,19). The number of sulfonamides is 1. The van der Waals surface area contributed by atoms with Crippen LogP contribution in [0.3, 0.4) is 0 Å². The van der Waals surface area contributed by atoms with E-state index in [1.165, 1.54) is 20.8 Å². The Kier molecular flexibility index (Phi) is 5.42. The third-order valence-corrected chi connectivity index (χ3v) is 5.58. The molecule has 1 amide bonds. The first-order valence-corrected chi connectivity index (χ1v) is 9.28. The molecule has 0 aliphatic heterocycles.